The number of nitrogens with zero attached hydrogens (tertiary/aromatic N) is 1. The van der Waals surface area contributed by atoms with E-state index in [0.29, 0.717) is 11.3 Å². The Balaban J connectivity index is 1.93. The number of anilines is 1. The van der Waals surface area contributed by atoms with Gasteiger partial charge >= 0.3 is 5.97 Å². The molecule has 0 bridgehead atoms. The van der Waals surface area contributed by atoms with E-state index in [1.807, 2.05) is 0 Å². The summed E-state index contributed by atoms with van der Waals surface area (Å²) in [4.78, 5) is 52.3. The predicted molar refractivity (Wildman–Crippen MR) is 122 cm³/mol. The Morgan fingerprint density at radius 3 is 2.40 bits per heavy atom. The number of hydrogen-bond donors (Lipinski definition) is 5. The molecule has 0 radical (unpaired) electrons. The molecule has 1 amide bonds. The Bertz CT molecular complexity index is 1260. The Labute approximate surface area is 200 Å². The average Bonchev–Trinajstić information content (AvgIpc) is 2.88. The average molecular weight is 486 g/mol. The van der Waals surface area contributed by atoms with Crippen LogP contribution in [0.15, 0.2) is 23.0 Å². The van der Waals surface area contributed by atoms with Gasteiger partial charge < -0.3 is 35.8 Å². The minimum absolute atomic E-state index is 0.0231. The molecule has 35 heavy (non-hydrogen) atoms. The van der Waals surface area contributed by atoms with Crippen LogP contribution in [0.3, 0.4) is 0 Å². The summed E-state index contributed by atoms with van der Waals surface area (Å²) in [6, 6.07) is 1.42. The minimum atomic E-state index is -2.61. The summed E-state index contributed by atoms with van der Waals surface area (Å²) < 4.78 is 4.73. The number of aliphatic hydroxyl groups excluding tert-OH is 2. The number of primary amides is 1. The first kappa shape index (κ1) is 24.3. The number of hydrogen-bond acceptors (Lipinski definition) is 10. The third kappa shape index (κ3) is 3.37. The highest BCUT2D eigenvalue weighted by Crippen LogP contribution is 2.52. The lowest BCUT2D eigenvalue weighted by atomic mass is 9.61. The summed E-state index contributed by atoms with van der Waals surface area (Å²) in [5.74, 6) is -7.41. The number of aromatic hydroxyl groups is 1. The lowest BCUT2D eigenvalue weighted by molar-refractivity contribution is -0.158. The SMILES string of the molecule is COC(=O)c1cc(N(C)C)c2c(c1O)C(O)=C1C(=O)[C@]3(O)C(=O)CC(C(N)=O)=C(O)C[C@@H]3C[C@@H]1C2. The zero-order chi connectivity index (χ0) is 26.0. The molecule has 11 heteroatoms. The van der Waals surface area contributed by atoms with Gasteiger partial charge in [-0.15, -0.1) is 0 Å². The van der Waals surface area contributed by atoms with E-state index in [2.05, 4.69) is 0 Å². The van der Waals surface area contributed by atoms with Crippen LogP contribution in [-0.4, -0.2) is 70.7 Å². The molecule has 0 heterocycles. The molecule has 186 valence electrons. The van der Waals surface area contributed by atoms with Crippen LogP contribution < -0.4 is 10.6 Å². The predicted octanol–water partition coefficient (Wildman–Crippen LogP) is 0.667. The molecule has 1 saturated carbocycles. The third-order valence-corrected chi connectivity index (χ3v) is 7.22. The van der Waals surface area contributed by atoms with Crippen molar-refractivity contribution >= 4 is 34.9 Å². The van der Waals surface area contributed by atoms with Crippen LogP contribution in [-0.2, 0) is 25.5 Å². The number of Topliss-reactive ketones (excluding diaryl/α,β-unsaturated/α-hetero) is 2. The van der Waals surface area contributed by atoms with Crippen molar-refractivity contribution in [1.82, 2.24) is 0 Å². The van der Waals surface area contributed by atoms with Crippen LogP contribution >= 0.6 is 0 Å². The van der Waals surface area contributed by atoms with Gasteiger partial charge in [0.05, 0.1) is 18.2 Å². The van der Waals surface area contributed by atoms with Crippen molar-refractivity contribution in [2.75, 3.05) is 26.1 Å². The van der Waals surface area contributed by atoms with Gasteiger partial charge in [-0.1, -0.05) is 0 Å². The summed E-state index contributed by atoms with van der Waals surface area (Å²) >= 11 is 0. The number of phenols is 1. The second-order valence-corrected chi connectivity index (χ2v) is 9.32. The number of fused-ring (bicyclic) bond motifs is 3. The molecule has 0 aromatic heterocycles. The number of ketones is 2. The van der Waals surface area contributed by atoms with E-state index in [1.54, 1.807) is 19.0 Å². The van der Waals surface area contributed by atoms with Crippen LogP contribution in [0, 0.1) is 11.8 Å². The number of amides is 1. The molecule has 3 aliphatic carbocycles. The molecule has 1 aromatic carbocycles. The number of carbonyl (C=O) groups excluding carboxylic acids is 4. The van der Waals surface area contributed by atoms with Crippen molar-refractivity contribution < 1.29 is 44.3 Å². The number of ether oxygens (including phenoxy) is 1. The molecular formula is C24H26N2O9. The Hall–Kier alpha value is -3.86. The van der Waals surface area contributed by atoms with Gasteiger partial charge in [0.2, 0.25) is 11.7 Å². The zero-order valence-electron chi connectivity index (χ0n) is 19.4. The largest absolute Gasteiger partial charge is 0.512 e. The van der Waals surface area contributed by atoms with Crippen molar-refractivity contribution in [3.05, 3.63) is 39.7 Å². The van der Waals surface area contributed by atoms with Crippen molar-refractivity contribution in [1.29, 1.82) is 0 Å². The first-order chi connectivity index (χ1) is 16.3. The number of phenolic OH excluding ortho intramolecular Hbond substituents is 1. The van der Waals surface area contributed by atoms with Gasteiger partial charge in [0.25, 0.3) is 0 Å². The summed E-state index contributed by atoms with van der Waals surface area (Å²) in [6.45, 7) is 0. The van der Waals surface area contributed by atoms with Gasteiger partial charge in [0, 0.05) is 44.1 Å². The number of esters is 1. The van der Waals surface area contributed by atoms with Crippen LogP contribution in [0.1, 0.15) is 40.7 Å². The smallest absolute Gasteiger partial charge is 0.341 e. The van der Waals surface area contributed by atoms with E-state index in [0.717, 1.165) is 7.11 Å². The zero-order valence-corrected chi connectivity index (χ0v) is 19.4. The van der Waals surface area contributed by atoms with Gasteiger partial charge in [0.15, 0.2) is 11.4 Å². The molecule has 0 saturated heterocycles. The highest BCUT2D eigenvalue weighted by molar-refractivity contribution is 6.22. The number of benzene rings is 1. The number of methoxy groups -OCH3 is 1. The molecular weight excluding hydrogens is 460 g/mol. The fourth-order valence-corrected chi connectivity index (χ4v) is 5.47. The Morgan fingerprint density at radius 1 is 1.17 bits per heavy atom. The summed E-state index contributed by atoms with van der Waals surface area (Å²) in [7, 11) is 4.53. The molecule has 1 fully saturated rings. The molecule has 0 unspecified atom stereocenters. The van der Waals surface area contributed by atoms with E-state index >= 15 is 0 Å². The fourth-order valence-electron chi connectivity index (χ4n) is 5.47. The van der Waals surface area contributed by atoms with Crippen LogP contribution in [0.4, 0.5) is 5.69 Å². The number of carbonyl (C=O) groups is 4. The number of allylic oxidation sites excluding steroid dienone is 1. The molecule has 4 rings (SSSR count). The highest BCUT2D eigenvalue weighted by atomic mass is 16.5. The first-order valence-corrected chi connectivity index (χ1v) is 10.9. The molecule has 0 spiro atoms. The van der Waals surface area contributed by atoms with Gasteiger partial charge in [-0.2, -0.15) is 0 Å². The second kappa shape index (κ2) is 8.12. The molecule has 11 nitrogen and oxygen atoms in total. The standard InChI is InChI=1S/C24H26N2O9/c1-26(2)14-7-13(23(33)35-3)19(29)18-11(14)5-9-4-10-6-15(27)12(22(25)32)8-16(28)24(10,34)21(31)17(9)20(18)30/h7,9-10,27,29-30,34H,4-6,8H2,1-3H3,(H2,25,32)/t9-,10+,24-/m1/s1. The van der Waals surface area contributed by atoms with Gasteiger partial charge in [-0.05, 0) is 30.4 Å². The molecule has 0 aliphatic heterocycles. The number of rotatable bonds is 3. The first-order valence-electron chi connectivity index (χ1n) is 10.9. The fraction of sp³-hybridized carbons (Fsp3) is 0.417. The topological polar surface area (TPSA) is 188 Å². The van der Waals surface area contributed by atoms with E-state index in [1.165, 1.54) is 6.07 Å². The maximum Gasteiger partial charge on any atom is 0.341 e. The van der Waals surface area contributed by atoms with Crippen LogP contribution in [0.2, 0.25) is 0 Å². The number of aliphatic hydroxyl groups is 3. The van der Waals surface area contributed by atoms with Crippen molar-refractivity contribution in [3.63, 3.8) is 0 Å². The minimum Gasteiger partial charge on any atom is -0.512 e. The summed E-state index contributed by atoms with van der Waals surface area (Å²) in [6.07, 6.45) is -0.902. The maximum atomic E-state index is 13.6. The van der Waals surface area contributed by atoms with Crippen molar-refractivity contribution in [3.8, 4) is 5.75 Å². The van der Waals surface area contributed by atoms with Gasteiger partial charge in [-0.25, -0.2) is 4.79 Å². The van der Waals surface area contributed by atoms with E-state index in [4.69, 9.17) is 10.5 Å². The quantitative estimate of drug-likeness (QED) is 0.300. The molecule has 3 atom stereocenters. The Morgan fingerprint density at radius 2 is 1.83 bits per heavy atom. The van der Waals surface area contributed by atoms with Crippen molar-refractivity contribution in [2.45, 2.75) is 31.3 Å². The van der Waals surface area contributed by atoms with E-state index < -0.39 is 64.6 Å². The number of nitrogens with two attached hydrogens (primary N) is 1. The van der Waals surface area contributed by atoms with E-state index in [9.17, 15) is 39.6 Å². The van der Waals surface area contributed by atoms with Crippen molar-refractivity contribution in [2.24, 2.45) is 17.6 Å². The second-order valence-electron chi connectivity index (χ2n) is 9.32. The summed E-state index contributed by atoms with van der Waals surface area (Å²) in [5, 5.41) is 43.8. The molecule has 3 aliphatic rings. The molecule has 1 aromatic rings. The van der Waals surface area contributed by atoms with Gasteiger partial charge in [-0.3, -0.25) is 14.4 Å². The summed E-state index contributed by atoms with van der Waals surface area (Å²) in [5.41, 5.74) is 2.60. The monoisotopic (exact) mass is 486 g/mol. The third-order valence-electron chi connectivity index (χ3n) is 7.22. The van der Waals surface area contributed by atoms with Crippen LogP contribution in [0.5, 0.6) is 5.75 Å². The molecule has 6 N–H and O–H groups in total. The van der Waals surface area contributed by atoms with E-state index in [-0.39, 0.29) is 41.5 Å². The lowest BCUT2D eigenvalue weighted by Gasteiger charge is -2.43. The van der Waals surface area contributed by atoms with Gasteiger partial charge in [0.1, 0.15) is 22.8 Å². The van der Waals surface area contributed by atoms with Crippen LogP contribution in [0.25, 0.3) is 5.76 Å². The Kier molecular flexibility index (Phi) is 5.63. The normalized spacial score (nSPS) is 25.9. The maximum absolute atomic E-state index is 13.6. The lowest BCUT2D eigenvalue weighted by Crippen LogP contribution is -2.58. The highest BCUT2D eigenvalue weighted by Gasteiger charge is 2.59.